The second-order valence-electron chi connectivity index (χ2n) is 7.97. The molecular formula is C22H30FNO3. The molecule has 0 unspecified atom stereocenters. The molecule has 4 rings (SSSR count). The van der Waals surface area contributed by atoms with Gasteiger partial charge in [-0.1, -0.05) is 19.1 Å². The number of amides is 1. The molecule has 3 fully saturated rings. The summed E-state index contributed by atoms with van der Waals surface area (Å²) in [7, 11) is 0. The Labute approximate surface area is 160 Å². The number of aliphatic hydroxyl groups is 1. The zero-order chi connectivity index (χ0) is 19.3. The van der Waals surface area contributed by atoms with Crippen molar-refractivity contribution >= 4 is 5.91 Å². The van der Waals surface area contributed by atoms with Crippen molar-refractivity contribution in [1.29, 1.82) is 0 Å². The van der Waals surface area contributed by atoms with E-state index in [0.29, 0.717) is 24.9 Å². The first-order valence-corrected chi connectivity index (χ1v) is 9.98. The molecule has 3 saturated carbocycles. The van der Waals surface area contributed by atoms with Crippen molar-refractivity contribution in [3.05, 3.63) is 41.7 Å². The van der Waals surface area contributed by atoms with Gasteiger partial charge in [-0.25, -0.2) is 4.39 Å². The minimum absolute atomic E-state index is 0.0129. The Hall–Kier alpha value is -1.88. The normalized spacial score (nSPS) is 27.4. The highest BCUT2D eigenvalue weighted by atomic mass is 19.1. The highest BCUT2D eigenvalue weighted by molar-refractivity contribution is 5.83. The molecule has 0 aromatic heterocycles. The van der Waals surface area contributed by atoms with Crippen molar-refractivity contribution in [3.8, 4) is 5.75 Å². The summed E-state index contributed by atoms with van der Waals surface area (Å²) >= 11 is 0. The van der Waals surface area contributed by atoms with Gasteiger partial charge in [0.25, 0.3) is 0 Å². The standard InChI is InChI=1S/C22H30FNO3/c1-2-17(15-23)16-27-19-5-3-18(4-6-19)21-7-10-22(11-8-21,12-9-21)20(26)24-13-14-25/h3-6,15,25H,2,7-14,16H2,1H3,(H,24,26)/b17-15+. The minimum Gasteiger partial charge on any atom is -0.489 e. The second-order valence-corrected chi connectivity index (χ2v) is 7.97. The van der Waals surface area contributed by atoms with Crippen molar-refractivity contribution in [1.82, 2.24) is 5.32 Å². The van der Waals surface area contributed by atoms with Gasteiger partial charge in [-0.2, -0.15) is 0 Å². The number of aliphatic hydroxyl groups excluding tert-OH is 1. The molecule has 5 heteroatoms. The van der Waals surface area contributed by atoms with Crippen LogP contribution in [0.4, 0.5) is 4.39 Å². The Kier molecular flexibility index (Phi) is 6.20. The maximum Gasteiger partial charge on any atom is 0.226 e. The summed E-state index contributed by atoms with van der Waals surface area (Å²) in [5.41, 5.74) is 1.88. The number of carbonyl (C=O) groups is 1. The van der Waals surface area contributed by atoms with Crippen LogP contribution in [0.3, 0.4) is 0 Å². The van der Waals surface area contributed by atoms with E-state index in [-0.39, 0.29) is 30.0 Å². The third-order valence-electron chi connectivity index (χ3n) is 6.62. The Morgan fingerprint density at radius 2 is 1.81 bits per heavy atom. The molecule has 3 aliphatic carbocycles. The van der Waals surface area contributed by atoms with Crippen LogP contribution in [0, 0.1) is 5.41 Å². The topological polar surface area (TPSA) is 58.6 Å². The van der Waals surface area contributed by atoms with Gasteiger partial charge in [0.05, 0.1) is 12.9 Å². The number of nitrogens with one attached hydrogen (secondary N) is 1. The van der Waals surface area contributed by atoms with Crippen LogP contribution in [0.1, 0.15) is 57.4 Å². The molecule has 3 aliphatic rings. The summed E-state index contributed by atoms with van der Waals surface area (Å²) in [5.74, 6) is 0.869. The molecule has 0 atom stereocenters. The summed E-state index contributed by atoms with van der Waals surface area (Å²) in [6.45, 7) is 2.52. The molecule has 1 aromatic carbocycles. The van der Waals surface area contributed by atoms with E-state index in [2.05, 4.69) is 17.4 Å². The molecule has 148 valence electrons. The van der Waals surface area contributed by atoms with E-state index in [1.807, 2.05) is 19.1 Å². The highest BCUT2D eigenvalue weighted by Gasteiger charge is 2.52. The van der Waals surface area contributed by atoms with Crippen molar-refractivity contribution in [2.75, 3.05) is 19.8 Å². The number of rotatable bonds is 8. The van der Waals surface area contributed by atoms with Gasteiger partial charge in [-0.15, -0.1) is 0 Å². The lowest BCUT2D eigenvalue weighted by atomic mass is 9.51. The van der Waals surface area contributed by atoms with Crippen molar-refractivity contribution in [3.63, 3.8) is 0 Å². The minimum atomic E-state index is -0.241. The first kappa shape index (κ1) is 19.9. The lowest BCUT2D eigenvalue weighted by molar-refractivity contribution is -0.138. The smallest absolute Gasteiger partial charge is 0.226 e. The molecule has 0 heterocycles. The lowest BCUT2D eigenvalue weighted by Gasteiger charge is -2.52. The van der Waals surface area contributed by atoms with Crippen molar-refractivity contribution < 1.29 is 19.0 Å². The average Bonchev–Trinajstić information content (AvgIpc) is 2.74. The van der Waals surface area contributed by atoms with Crippen LogP contribution >= 0.6 is 0 Å². The number of hydrogen-bond acceptors (Lipinski definition) is 3. The van der Waals surface area contributed by atoms with Gasteiger partial charge in [0.1, 0.15) is 12.4 Å². The van der Waals surface area contributed by atoms with Crippen LogP contribution in [-0.4, -0.2) is 30.8 Å². The molecular weight excluding hydrogens is 345 g/mol. The number of fused-ring (bicyclic) bond motifs is 3. The van der Waals surface area contributed by atoms with Gasteiger partial charge in [-0.3, -0.25) is 4.79 Å². The van der Waals surface area contributed by atoms with Gasteiger partial charge in [0, 0.05) is 12.0 Å². The lowest BCUT2D eigenvalue weighted by Crippen LogP contribution is -2.52. The maximum atomic E-state index is 12.6. The molecule has 2 N–H and O–H groups in total. The predicted octanol–water partition coefficient (Wildman–Crippen LogP) is 4.03. The number of carbonyl (C=O) groups excluding carboxylic acids is 1. The SMILES string of the molecule is CC/C(=C\F)COc1ccc(C23CCC(C(=O)NCCO)(CC2)CC3)cc1. The van der Waals surface area contributed by atoms with Crippen LogP contribution in [-0.2, 0) is 10.2 Å². The van der Waals surface area contributed by atoms with Gasteiger partial charge in [0.2, 0.25) is 5.91 Å². The molecule has 4 nitrogen and oxygen atoms in total. The summed E-state index contributed by atoms with van der Waals surface area (Å²) in [6, 6.07) is 8.20. The summed E-state index contributed by atoms with van der Waals surface area (Å²) in [4.78, 5) is 12.5. The fraction of sp³-hybridized carbons (Fsp3) is 0.591. The molecule has 27 heavy (non-hydrogen) atoms. The van der Waals surface area contributed by atoms with Crippen LogP contribution in [0.2, 0.25) is 0 Å². The Bertz CT molecular complexity index is 659. The van der Waals surface area contributed by atoms with E-state index in [9.17, 15) is 9.18 Å². The molecule has 0 spiro atoms. The Balaban J connectivity index is 1.63. The van der Waals surface area contributed by atoms with Gasteiger partial charge >= 0.3 is 0 Å². The maximum absolute atomic E-state index is 12.6. The van der Waals surface area contributed by atoms with Crippen LogP contribution < -0.4 is 10.1 Å². The number of benzene rings is 1. The molecule has 0 aliphatic heterocycles. The van der Waals surface area contributed by atoms with E-state index in [0.717, 1.165) is 44.3 Å². The average molecular weight is 375 g/mol. The summed E-state index contributed by atoms with van der Waals surface area (Å²) < 4.78 is 18.3. The molecule has 2 bridgehead atoms. The van der Waals surface area contributed by atoms with Crippen molar-refractivity contribution in [2.45, 2.75) is 57.3 Å². The van der Waals surface area contributed by atoms with E-state index in [1.165, 1.54) is 5.56 Å². The van der Waals surface area contributed by atoms with Crippen LogP contribution in [0.5, 0.6) is 5.75 Å². The van der Waals surface area contributed by atoms with Gasteiger partial charge < -0.3 is 15.2 Å². The summed E-state index contributed by atoms with van der Waals surface area (Å²) in [6.07, 6.45) is 7.04. The predicted molar refractivity (Wildman–Crippen MR) is 103 cm³/mol. The molecule has 0 saturated heterocycles. The third-order valence-corrected chi connectivity index (χ3v) is 6.62. The van der Waals surface area contributed by atoms with Crippen LogP contribution in [0.15, 0.2) is 36.2 Å². The largest absolute Gasteiger partial charge is 0.489 e. The van der Waals surface area contributed by atoms with E-state index >= 15 is 0 Å². The monoisotopic (exact) mass is 375 g/mol. The molecule has 0 radical (unpaired) electrons. The van der Waals surface area contributed by atoms with Crippen LogP contribution in [0.25, 0.3) is 0 Å². The molecule has 1 amide bonds. The zero-order valence-electron chi connectivity index (χ0n) is 16.1. The van der Waals surface area contributed by atoms with E-state index in [4.69, 9.17) is 9.84 Å². The van der Waals surface area contributed by atoms with Gasteiger partial charge in [-0.05, 0) is 73.6 Å². The number of halogens is 1. The van der Waals surface area contributed by atoms with Gasteiger partial charge in [0.15, 0.2) is 0 Å². The summed E-state index contributed by atoms with van der Waals surface area (Å²) in [5, 5.41) is 11.8. The number of hydrogen-bond donors (Lipinski definition) is 2. The second kappa shape index (κ2) is 8.42. The Morgan fingerprint density at radius 3 is 2.33 bits per heavy atom. The highest BCUT2D eigenvalue weighted by Crippen LogP contribution is 2.57. The van der Waals surface area contributed by atoms with E-state index in [1.54, 1.807) is 0 Å². The fourth-order valence-electron chi connectivity index (χ4n) is 4.61. The Morgan fingerprint density at radius 1 is 1.19 bits per heavy atom. The van der Waals surface area contributed by atoms with Crippen molar-refractivity contribution in [2.24, 2.45) is 5.41 Å². The quantitative estimate of drug-likeness (QED) is 0.721. The number of ether oxygens (including phenoxy) is 1. The van der Waals surface area contributed by atoms with E-state index < -0.39 is 0 Å². The first-order valence-electron chi connectivity index (χ1n) is 9.98. The first-order chi connectivity index (χ1) is 13.1. The zero-order valence-corrected chi connectivity index (χ0v) is 16.1. The third kappa shape index (κ3) is 4.03. The fourth-order valence-corrected chi connectivity index (χ4v) is 4.61. The molecule has 1 aromatic rings.